The van der Waals surface area contributed by atoms with Gasteiger partial charge in [-0.3, -0.25) is 4.79 Å². The van der Waals surface area contributed by atoms with Gasteiger partial charge in [0, 0.05) is 4.88 Å². The molecule has 0 saturated carbocycles. The molecule has 0 spiro atoms. The molecule has 0 unspecified atom stereocenters. The molecule has 0 aliphatic carbocycles. The first kappa shape index (κ1) is 14.8. The third kappa shape index (κ3) is 3.49. The number of ether oxygens (including phenoxy) is 2. The number of rotatable bonds is 5. The lowest BCUT2D eigenvalue weighted by atomic mass is 10.1. The van der Waals surface area contributed by atoms with Crippen LogP contribution >= 0.6 is 27.3 Å². The van der Waals surface area contributed by atoms with E-state index in [-0.39, 0.29) is 5.78 Å². The van der Waals surface area contributed by atoms with Crippen LogP contribution in [0.25, 0.3) is 6.08 Å². The maximum Gasteiger partial charge on any atom is 0.189 e. The summed E-state index contributed by atoms with van der Waals surface area (Å²) in [5.41, 5.74) is 0.485. The van der Waals surface area contributed by atoms with Crippen molar-refractivity contribution < 1.29 is 14.3 Å². The largest absolute Gasteiger partial charge is 0.497 e. The summed E-state index contributed by atoms with van der Waals surface area (Å²) in [5.74, 6) is 1.04. The fourth-order valence-electron chi connectivity index (χ4n) is 1.67. The van der Waals surface area contributed by atoms with E-state index in [2.05, 4.69) is 15.9 Å². The van der Waals surface area contributed by atoms with Crippen LogP contribution in [0.3, 0.4) is 0 Å². The van der Waals surface area contributed by atoms with Crippen LogP contribution in [-0.2, 0) is 0 Å². The van der Waals surface area contributed by atoms with Gasteiger partial charge in [0.2, 0.25) is 0 Å². The van der Waals surface area contributed by atoms with Gasteiger partial charge in [0.25, 0.3) is 0 Å². The van der Waals surface area contributed by atoms with E-state index in [1.807, 2.05) is 12.1 Å². The summed E-state index contributed by atoms with van der Waals surface area (Å²) >= 11 is 4.95. The first-order chi connectivity index (χ1) is 9.63. The molecule has 1 heterocycles. The van der Waals surface area contributed by atoms with Crippen LogP contribution in [0.1, 0.15) is 15.2 Å². The summed E-state index contributed by atoms with van der Waals surface area (Å²) < 4.78 is 11.4. The van der Waals surface area contributed by atoms with Crippen molar-refractivity contribution in [1.82, 2.24) is 0 Å². The summed E-state index contributed by atoms with van der Waals surface area (Å²) in [6.45, 7) is 0. The Morgan fingerprint density at radius 2 is 2.00 bits per heavy atom. The Labute approximate surface area is 130 Å². The van der Waals surface area contributed by atoms with Gasteiger partial charge >= 0.3 is 0 Å². The molecule has 2 aromatic rings. The summed E-state index contributed by atoms with van der Waals surface area (Å²) in [5, 5.41) is 0. The number of carbonyl (C=O) groups is 1. The van der Waals surface area contributed by atoms with Crippen LogP contribution in [0.2, 0.25) is 0 Å². The molecule has 0 bridgehead atoms. The van der Waals surface area contributed by atoms with Gasteiger partial charge < -0.3 is 9.47 Å². The maximum atomic E-state index is 12.2. The second-order valence-corrected chi connectivity index (χ2v) is 6.40. The lowest BCUT2D eigenvalue weighted by Gasteiger charge is -2.07. The van der Waals surface area contributed by atoms with Gasteiger partial charge in [0.1, 0.15) is 11.5 Å². The summed E-state index contributed by atoms with van der Waals surface area (Å²) in [4.78, 5) is 13.2. The highest BCUT2D eigenvalue weighted by Crippen LogP contribution is 2.26. The third-order valence-corrected chi connectivity index (χ3v) is 4.25. The Balaban J connectivity index is 2.26. The number of benzene rings is 1. The fraction of sp³-hybridized carbons (Fsp3) is 0.133. The second kappa shape index (κ2) is 6.72. The van der Waals surface area contributed by atoms with Crippen molar-refractivity contribution >= 4 is 39.1 Å². The fourth-order valence-corrected chi connectivity index (χ4v) is 3.00. The van der Waals surface area contributed by atoms with Crippen molar-refractivity contribution in [2.75, 3.05) is 14.2 Å². The minimum atomic E-state index is -0.120. The predicted octanol–water partition coefficient (Wildman–Crippen LogP) is 4.42. The predicted molar refractivity (Wildman–Crippen MR) is 84.9 cm³/mol. The van der Waals surface area contributed by atoms with Crippen molar-refractivity contribution in [3.05, 3.63) is 50.6 Å². The van der Waals surface area contributed by atoms with E-state index in [1.165, 1.54) is 6.08 Å². The Hall–Kier alpha value is -1.59. The highest BCUT2D eigenvalue weighted by Gasteiger charge is 2.11. The molecule has 0 aliphatic rings. The number of ketones is 1. The zero-order valence-electron chi connectivity index (χ0n) is 11.1. The highest BCUT2D eigenvalue weighted by atomic mass is 79.9. The van der Waals surface area contributed by atoms with Crippen LogP contribution in [-0.4, -0.2) is 20.0 Å². The molecule has 0 amide bonds. The molecule has 1 aromatic heterocycles. The van der Waals surface area contributed by atoms with Crippen molar-refractivity contribution in [3.8, 4) is 11.5 Å². The molecule has 1 aromatic carbocycles. The summed E-state index contributed by atoms with van der Waals surface area (Å²) in [6, 6.07) is 9.05. The average Bonchev–Trinajstić information content (AvgIpc) is 2.89. The van der Waals surface area contributed by atoms with E-state index in [9.17, 15) is 4.79 Å². The van der Waals surface area contributed by atoms with Crippen molar-refractivity contribution in [3.63, 3.8) is 0 Å². The number of thiophene rings is 1. The number of halogens is 1. The third-order valence-electron chi connectivity index (χ3n) is 2.67. The molecule has 0 N–H and O–H groups in total. The summed E-state index contributed by atoms with van der Waals surface area (Å²) in [7, 11) is 3.10. The standard InChI is InChI=1S/C15H13BrO3S/c1-18-10-3-7-14(19-2)12(9-10)13(17)6-4-11-5-8-15(16)20-11/h3-9H,1-2H3/b6-4+. The van der Waals surface area contributed by atoms with Gasteiger partial charge in [-0.25, -0.2) is 0 Å². The number of methoxy groups -OCH3 is 2. The zero-order chi connectivity index (χ0) is 14.5. The van der Waals surface area contributed by atoms with Crippen molar-refractivity contribution in [2.45, 2.75) is 0 Å². The molecule has 0 saturated heterocycles. The van der Waals surface area contributed by atoms with Crippen LogP contribution in [0.4, 0.5) is 0 Å². The van der Waals surface area contributed by atoms with Gasteiger partial charge in [-0.05, 0) is 58.4 Å². The van der Waals surface area contributed by atoms with Crippen molar-refractivity contribution in [1.29, 1.82) is 0 Å². The van der Waals surface area contributed by atoms with Gasteiger partial charge in [0.15, 0.2) is 5.78 Å². The zero-order valence-corrected chi connectivity index (χ0v) is 13.5. The Morgan fingerprint density at radius 3 is 2.60 bits per heavy atom. The number of allylic oxidation sites excluding steroid dienone is 1. The number of hydrogen-bond donors (Lipinski definition) is 0. The molecule has 3 nitrogen and oxygen atoms in total. The molecule has 0 radical (unpaired) electrons. The smallest absolute Gasteiger partial charge is 0.189 e. The minimum Gasteiger partial charge on any atom is -0.497 e. The minimum absolute atomic E-state index is 0.120. The molecule has 5 heteroatoms. The van der Waals surface area contributed by atoms with Gasteiger partial charge in [-0.1, -0.05) is 0 Å². The number of hydrogen-bond acceptors (Lipinski definition) is 4. The first-order valence-corrected chi connectivity index (χ1v) is 7.44. The monoisotopic (exact) mass is 352 g/mol. The molecular weight excluding hydrogens is 340 g/mol. The Kier molecular flexibility index (Phi) is 4.98. The van der Waals surface area contributed by atoms with E-state index in [0.29, 0.717) is 17.1 Å². The molecular formula is C15H13BrO3S. The van der Waals surface area contributed by atoms with Gasteiger partial charge in [-0.15, -0.1) is 11.3 Å². The Morgan fingerprint density at radius 1 is 1.20 bits per heavy atom. The topological polar surface area (TPSA) is 35.5 Å². The van der Waals surface area contributed by atoms with E-state index in [1.54, 1.807) is 49.8 Å². The normalized spacial score (nSPS) is 10.8. The summed E-state index contributed by atoms with van der Waals surface area (Å²) in [6.07, 6.45) is 3.33. The molecule has 2 rings (SSSR count). The highest BCUT2D eigenvalue weighted by molar-refractivity contribution is 9.11. The second-order valence-electron chi connectivity index (χ2n) is 3.91. The SMILES string of the molecule is COc1ccc(OC)c(C(=O)/C=C/c2ccc(Br)s2)c1. The quantitative estimate of drug-likeness (QED) is 0.590. The van der Waals surface area contributed by atoms with Crippen LogP contribution in [0, 0.1) is 0 Å². The van der Waals surface area contributed by atoms with E-state index in [4.69, 9.17) is 9.47 Å². The van der Waals surface area contributed by atoms with E-state index < -0.39 is 0 Å². The number of carbonyl (C=O) groups excluding carboxylic acids is 1. The molecule has 0 fully saturated rings. The Bertz CT molecular complexity index is 646. The molecule has 20 heavy (non-hydrogen) atoms. The lowest BCUT2D eigenvalue weighted by molar-refractivity contribution is 0.104. The molecule has 0 atom stereocenters. The van der Waals surface area contributed by atoms with Crippen LogP contribution in [0.5, 0.6) is 11.5 Å². The first-order valence-electron chi connectivity index (χ1n) is 5.84. The molecule has 104 valence electrons. The van der Waals surface area contributed by atoms with Crippen LogP contribution < -0.4 is 9.47 Å². The van der Waals surface area contributed by atoms with E-state index >= 15 is 0 Å². The van der Waals surface area contributed by atoms with Crippen LogP contribution in [0.15, 0.2) is 40.2 Å². The average molecular weight is 353 g/mol. The van der Waals surface area contributed by atoms with Gasteiger partial charge in [-0.2, -0.15) is 0 Å². The maximum absolute atomic E-state index is 12.2. The lowest BCUT2D eigenvalue weighted by Crippen LogP contribution is -1.99. The van der Waals surface area contributed by atoms with Gasteiger partial charge in [0.05, 0.1) is 23.6 Å². The van der Waals surface area contributed by atoms with E-state index in [0.717, 1.165) is 8.66 Å². The molecule has 0 aliphatic heterocycles. The van der Waals surface area contributed by atoms with Crippen molar-refractivity contribution in [2.24, 2.45) is 0 Å².